The van der Waals surface area contributed by atoms with Crippen molar-refractivity contribution in [2.75, 3.05) is 19.8 Å². The fourth-order valence-electron chi connectivity index (χ4n) is 1.62. The first-order valence-corrected chi connectivity index (χ1v) is 7.13. The molecule has 0 fully saturated rings. The molecular formula is C15H22N2O2S. The Morgan fingerprint density at radius 2 is 1.90 bits per heavy atom. The molecular weight excluding hydrogens is 272 g/mol. The number of nitrogens with one attached hydrogen (secondary N) is 2. The van der Waals surface area contributed by atoms with Crippen molar-refractivity contribution in [1.29, 1.82) is 0 Å². The van der Waals surface area contributed by atoms with Crippen molar-refractivity contribution in [3.05, 3.63) is 36.4 Å². The van der Waals surface area contributed by atoms with Crippen molar-refractivity contribution in [2.45, 2.75) is 20.4 Å². The van der Waals surface area contributed by atoms with E-state index in [1.165, 1.54) is 0 Å². The predicted octanol–water partition coefficient (Wildman–Crippen LogP) is 2.63. The standard InChI is InChI=1S/C15H22N2O2S/c1-4-9-16-15(20)17-11-12-7-8-13(18-5-2)14(10-12)19-6-3/h4,7-8,10H,1,5-6,9,11H2,2-3H3,(H2,16,17,20). The molecule has 1 rings (SSSR count). The molecule has 0 atom stereocenters. The summed E-state index contributed by atoms with van der Waals surface area (Å²) in [6.07, 6.45) is 1.76. The molecule has 0 unspecified atom stereocenters. The van der Waals surface area contributed by atoms with Gasteiger partial charge < -0.3 is 20.1 Å². The second kappa shape index (κ2) is 9.20. The van der Waals surface area contributed by atoms with Crippen LogP contribution in [-0.4, -0.2) is 24.9 Å². The first-order chi connectivity index (χ1) is 9.71. The molecule has 0 aromatic heterocycles. The summed E-state index contributed by atoms with van der Waals surface area (Å²) in [6, 6.07) is 5.89. The van der Waals surface area contributed by atoms with Crippen LogP contribution in [0.15, 0.2) is 30.9 Å². The maximum absolute atomic E-state index is 5.59. The lowest BCUT2D eigenvalue weighted by molar-refractivity contribution is 0.287. The highest BCUT2D eigenvalue weighted by molar-refractivity contribution is 7.80. The van der Waals surface area contributed by atoms with E-state index in [1.807, 2.05) is 32.0 Å². The number of thiocarbonyl (C=S) groups is 1. The van der Waals surface area contributed by atoms with Crippen LogP contribution < -0.4 is 20.1 Å². The second-order valence-electron chi connectivity index (χ2n) is 4.00. The Labute approximate surface area is 126 Å². The Hall–Kier alpha value is -1.75. The van der Waals surface area contributed by atoms with Crippen LogP contribution in [0, 0.1) is 0 Å². The summed E-state index contributed by atoms with van der Waals surface area (Å²) in [5.74, 6) is 1.53. The lowest BCUT2D eigenvalue weighted by atomic mass is 10.2. The van der Waals surface area contributed by atoms with Crippen LogP contribution in [0.2, 0.25) is 0 Å². The summed E-state index contributed by atoms with van der Waals surface area (Å²) in [4.78, 5) is 0. The van der Waals surface area contributed by atoms with E-state index in [9.17, 15) is 0 Å². The Bertz CT molecular complexity index is 449. The van der Waals surface area contributed by atoms with E-state index in [0.717, 1.165) is 17.1 Å². The topological polar surface area (TPSA) is 42.5 Å². The van der Waals surface area contributed by atoms with Gasteiger partial charge in [0.1, 0.15) is 0 Å². The van der Waals surface area contributed by atoms with Crippen molar-refractivity contribution < 1.29 is 9.47 Å². The fourth-order valence-corrected chi connectivity index (χ4v) is 1.77. The summed E-state index contributed by atoms with van der Waals surface area (Å²) < 4.78 is 11.1. The summed E-state index contributed by atoms with van der Waals surface area (Å²) in [5, 5.41) is 6.76. The van der Waals surface area contributed by atoms with Crippen molar-refractivity contribution in [2.24, 2.45) is 0 Å². The molecule has 0 saturated heterocycles. The third kappa shape index (κ3) is 5.48. The molecule has 0 aliphatic rings. The number of hydrogen-bond donors (Lipinski definition) is 2. The predicted molar refractivity (Wildman–Crippen MR) is 86.4 cm³/mol. The molecule has 0 radical (unpaired) electrons. The van der Waals surface area contributed by atoms with Gasteiger partial charge in [-0.1, -0.05) is 12.1 Å². The Morgan fingerprint density at radius 1 is 1.20 bits per heavy atom. The largest absolute Gasteiger partial charge is 0.490 e. The molecule has 0 heterocycles. The van der Waals surface area contributed by atoms with Crippen LogP contribution in [-0.2, 0) is 6.54 Å². The van der Waals surface area contributed by atoms with E-state index in [4.69, 9.17) is 21.7 Å². The minimum absolute atomic E-state index is 0.607. The third-order valence-electron chi connectivity index (χ3n) is 2.47. The lowest BCUT2D eigenvalue weighted by Crippen LogP contribution is -2.34. The van der Waals surface area contributed by atoms with Crippen molar-refractivity contribution in [1.82, 2.24) is 10.6 Å². The average Bonchev–Trinajstić information content (AvgIpc) is 2.45. The minimum Gasteiger partial charge on any atom is -0.490 e. The van der Waals surface area contributed by atoms with E-state index in [2.05, 4.69) is 17.2 Å². The van der Waals surface area contributed by atoms with Crippen LogP contribution in [0.4, 0.5) is 0 Å². The molecule has 4 nitrogen and oxygen atoms in total. The van der Waals surface area contributed by atoms with Crippen LogP contribution in [0.3, 0.4) is 0 Å². The molecule has 110 valence electrons. The summed E-state index contributed by atoms with van der Waals surface area (Å²) >= 11 is 5.14. The summed E-state index contributed by atoms with van der Waals surface area (Å²) in [6.45, 7) is 10.0. The molecule has 0 aliphatic carbocycles. The molecule has 1 aromatic carbocycles. The fraction of sp³-hybridized carbons (Fsp3) is 0.400. The zero-order valence-electron chi connectivity index (χ0n) is 12.1. The van der Waals surface area contributed by atoms with Gasteiger partial charge in [-0.2, -0.15) is 0 Å². The highest BCUT2D eigenvalue weighted by Crippen LogP contribution is 2.28. The molecule has 0 saturated carbocycles. The molecule has 0 bridgehead atoms. The number of rotatable bonds is 8. The van der Waals surface area contributed by atoms with Gasteiger partial charge in [-0.25, -0.2) is 0 Å². The maximum Gasteiger partial charge on any atom is 0.166 e. The Balaban J connectivity index is 2.64. The van der Waals surface area contributed by atoms with Gasteiger partial charge in [-0.3, -0.25) is 0 Å². The molecule has 1 aromatic rings. The summed E-state index contributed by atoms with van der Waals surface area (Å²) in [5.41, 5.74) is 1.08. The zero-order chi connectivity index (χ0) is 14.8. The van der Waals surface area contributed by atoms with Gasteiger partial charge in [0.05, 0.1) is 13.2 Å². The lowest BCUT2D eigenvalue weighted by Gasteiger charge is -2.13. The molecule has 5 heteroatoms. The normalized spacial score (nSPS) is 9.70. The van der Waals surface area contributed by atoms with Gasteiger partial charge >= 0.3 is 0 Å². The quantitative estimate of drug-likeness (QED) is 0.570. The van der Waals surface area contributed by atoms with Crippen LogP contribution >= 0.6 is 12.2 Å². The van der Waals surface area contributed by atoms with Gasteiger partial charge in [0, 0.05) is 13.1 Å². The molecule has 0 spiro atoms. The number of benzene rings is 1. The van der Waals surface area contributed by atoms with Crippen LogP contribution in [0.1, 0.15) is 19.4 Å². The van der Waals surface area contributed by atoms with Crippen molar-refractivity contribution in [3.63, 3.8) is 0 Å². The van der Waals surface area contributed by atoms with E-state index >= 15 is 0 Å². The highest BCUT2D eigenvalue weighted by atomic mass is 32.1. The van der Waals surface area contributed by atoms with Gasteiger partial charge in [-0.05, 0) is 43.8 Å². The third-order valence-corrected chi connectivity index (χ3v) is 2.76. The first kappa shape index (κ1) is 16.3. The second-order valence-corrected chi connectivity index (χ2v) is 4.41. The van der Waals surface area contributed by atoms with Gasteiger partial charge in [0.15, 0.2) is 16.6 Å². The van der Waals surface area contributed by atoms with Crippen LogP contribution in [0.25, 0.3) is 0 Å². The van der Waals surface area contributed by atoms with E-state index in [0.29, 0.717) is 31.4 Å². The maximum atomic E-state index is 5.59. The average molecular weight is 294 g/mol. The molecule has 2 N–H and O–H groups in total. The molecule has 20 heavy (non-hydrogen) atoms. The van der Waals surface area contributed by atoms with E-state index in [1.54, 1.807) is 6.08 Å². The van der Waals surface area contributed by atoms with Crippen LogP contribution in [0.5, 0.6) is 11.5 Å². The Kier molecular flexibility index (Phi) is 7.50. The van der Waals surface area contributed by atoms with E-state index in [-0.39, 0.29) is 0 Å². The monoisotopic (exact) mass is 294 g/mol. The van der Waals surface area contributed by atoms with Gasteiger partial charge in [0.2, 0.25) is 0 Å². The van der Waals surface area contributed by atoms with Gasteiger partial charge in [-0.15, -0.1) is 6.58 Å². The highest BCUT2D eigenvalue weighted by Gasteiger charge is 2.06. The molecule has 0 aliphatic heterocycles. The smallest absolute Gasteiger partial charge is 0.166 e. The Morgan fingerprint density at radius 3 is 2.55 bits per heavy atom. The zero-order valence-corrected chi connectivity index (χ0v) is 12.9. The molecule has 0 amide bonds. The van der Waals surface area contributed by atoms with E-state index < -0.39 is 0 Å². The first-order valence-electron chi connectivity index (χ1n) is 6.72. The van der Waals surface area contributed by atoms with Crippen molar-refractivity contribution >= 4 is 17.3 Å². The number of ether oxygens (including phenoxy) is 2. The van der Waals surface area contributed by atoms with Gasteiger partial charge in [0.25, 0.3) is 0 Å². The van der Waals surface area contributed by atoms with Crippen molar-refractivity contribution in [3.8, 4) is 11.5 Å². The SMILES string of the molecule is C=CCNC(=S)NCc1ccc(OCC)c(OCC)c1. The number of hydrogen-bond acceptors (Lipinski definition) is 3. The summed E-state index contributed by atoms with van der Waals surface area (Å²) in [7, 11) is 0. The minimum atomic E-state index is 0.607.